The van der Waals surface area contributed by atoms with Crippen LogP contribution in [0.2, 0.25) is 5.02 Å². The average molecular weight is 271 g/mol. The number of hydrogen-bond donors (Lipinski definition) is 0. The summed E-state index contributed by atoms with van der Waals surface area (Å²) in [6, 6.07) is 14.3. The fourth-order valence-corrected chi connectivity index (χ4v) is 2.57. The van der Waals surface area contributed by atoms with Crippen LogP contribution in [0.4, 0.5) is 0 Å². The number of hydrogen-bond acceptors (Lipinski definition) is 2. The van der Waals surface area contributed by atoms with Gasteiger partial charge in [0.2, 0.25) is 0 Å². The lowest BCUT2D eigenvalue weighted by molar-refractivity contribution is 0.0838. The summed E-state index contributed by atoms with van der Waals surface area (Å²) in [6.45, 7) is 0. The zero-order valence-corrected chi connectivity index (χ0v) is 10.9. The van der Waals surface area contributed by atoms with E-state index in [1.165, 1.54) is 0 Å². The number of halogens is 1. The van der Waals surface area contributed by atoms with Crippen molar-refractivity contribution in [1.29, 1.82) is 0 Å². The molecule has 0 saturated carbocycles. The Kier molecular flexibility index (Phi) is 2.96. The van der Waals surface area contributed by atoms with Gasteiger partial charge in [0.1, 0.15) is 0 Å². The third-order valence-electron chi connectivity index (χ3n) is 3.44. The van der Waals surface area contributed by atoms with Crippen molar-refractivity contribution in [2.75, 3.05) is 0 Å². The molecule has 0 unspecified atom stereocenters. The van der Waals surface area contributed by atoms with Gasteiger partial charge in [0.15, 0.2) is 11.6 Å². The molecule has 0 aliphatic heterocycles. The second kappa shape index (κ2) is 4.63. The third kappa shape index (κ3) is 2.08. The minimum absolute atomic E-state index is 0.0736. The van der Waals surface area contributed by atoms with Gasteiger partial charge in [0, 0.05) is 16.1 Å². The Morgan fingerprint density at radius 2 is 1.37 bits per heavy atom. The van der Waals surface area contributed by atoms with Crippen LogP contribution in [0.25, 0.3) is 0 Å². The molecule has 1 aliphatic carbocycles. The molecular formula is C16H11ClO2. The summed E-state index contributed by atoms with van der Waals surface area (Å²) < 4.78 is 0. The molecule has 0 radical (unpaired) electrons. The van der Waals surface area contributed by atoms with Crippen molar-refractivity contribution in [3.8, 4) is 0 Å². The highest BCUT2D eigenvalue weighted by molar-refractivity contribution is 6.30. The lowest BCUT2D eigenvalue weighted by atomic mass is 9.95. The summed E-state index contributed by atoms with van der Waals surface area (Å²) in [5, 5.41) is 0.649. The Labute approximate surface area is 116 Å². The predicted molar refractivity (Wildman–Crippen MR) is 73.7 cm³/mol. The number of carbonyl (C=O) groups is 2. The van der Waals surface area contributed by atoms with Crippen LogP contribution in [-0.2, 0) is 6.42 Å². The Morgan fingerprint density at radius 1 is 0.842 bits per heavy atom. The van der Waals surface area contributed by atoms with Gasteiger partial charge in [-0.2, -0.15) is 0 Å². The van der Waals surface area contributed by atoms with E-state index in [4.69, 9.17) is 11.6 Å². The van der Waals surface area contributed by atoms with Crippen LogP contribution in [0, 0.1) is 5.92 Å². The lowest BCUT2D eigenvalue weighted by Crippen LogP contribution is -2.17. The smallest absolute Gasteiger partial charge is 0.174 e. The fraction of sp³-hybridized carbons (Fsp3) is 0.125. The summed E-state index contributed by atoms with van der Waals surface area (Å²) in [5.41, 5.74) is 2.04. The monoisotopic (exact) mass is 270 g/mol. The Balaban J connectivity index is 1.90. The molecule has 0 heterocycles. The van der Waals surface area contributed by atoms with Crippen molar-refractivity contribution in [2.24, 2.45) is 5.92 Å². The lowest BCUT2D eigenvalue weighted by Gasteiger charge is -2.06. The largest absolute Gasteiger partial charge is 0.293 e. The normalized spacial score (nSPS) is 14.8. The van der Waals surface area contributed by atoms with Gasteiger partial charge in [0.05, 0.1) is 5.92 Å². The van der Waals surface area contributed by atoms with Gasteiger partial charge in [-0.05, 0) is 24.1 Å². The molecule has 94 valence electrons. The first kappa shape index (κ1) is 12.1. The second-order valence-electron chi connectivity index (χ2n) is 4.66. The van der Waals surface area contributed by atoms with Crippen molar-refractivity contribution in [3.63, 3.8) is 0 Å². The van der Waals surface area contributed by atoms with E-state index < -0.39 is 5.92 Å². The zero-order valence-electron chi connectivity index (χ0n) is 10.1. The summed E-state index contributed by atoms with van der Waals surface area (Å²) in [5.74, 6) is -0.732. The number of Topliss-reactive ketones (excluding diaryl/α,β-unsaturated/α-hetero) is 2. The van der Waals surface area contributed by atoms with Crippen LogP contribution in [-0.4, -0.2) is 11.6 Å². The summed E-state index contributed by atoms with van der Waals surface area (Å²) >= 11 is 5.82. The quantitative estimate of drug-likeness (QED) is 0.782. The standard InChI is InChI=1S/C16H11ClO2/c17-11-7-5-10(6-8-11)9-14-15(18)12-3-1-2-4-13(12)16(14)19/h1-8,14H,9H2. The van der Waals surface area contributed by atoms with Gasteiger partial charge in [-0.1, -0.05) is 48.0 Å². The van der Waals surface area contributed by atoms with E-state index in [0.717, 1.165) is 5.56 Å². The molecule has 0 spiro atoms. The van der Waals surface area contributed by atoms with Gasteiger partial charge >= 0.3 is 0 Å². The van der Waals surface area contributed by atoms with Crippen molar-refractivity contribution >= 4 is 23.2 Å². The van der Waals surface area contributed by atoms with Crippen molar-refractivity contribution in [1.82, 2.24) is 0 Å². The van der Waals surface area contributed by atoms with Crippen LogP contribution in [0.15, 0.2) is 48.5 Å². The van der Waals surface area contributed by atoms with E-state index in [0.29, 0.717) is 22.6 Å². The highest BCUT2D eigenvalue weighted by Gasteiger charge is 2.37. The van der Waals surface area contributed by atoms with E-state index in [1.54, 1.807) is 36.4 Å². The van der Waals surface area contributed by atoms with Crippen LogP contribution < -0.4 is 0 Å². The first-order chi connectivity index (χ1) is 9.16. The number of ketones is 2. The van der Waals surface area contributed by atoms with Crippen molar-refractivity contribution in [3.05, 3.63) is 70.2 Å². The van der Waals surface area contributed by atoms with E-state index in [1.807, 2.05) is 12.1 Å². The van der Waals surface area contributed by atoms with Crippen LogP contribution >= 0.6 is 11.6 Å². The zero-order chi connectivity index (χ0) is 13.4. The molecule has 2 nitrogen and oxygen atoms in total. The molecule has 3 heteroatoms. The maximum atomic E-state index is 12.2. The Hall–Kier alpha value is -1.93. The Morgan fingerprint density at radius 3 is 1.89 bits per heavy atom. The molecule has 0 bridgehead atoms. The number of rotatable bonds is 2. The van der Waals surface area contributed by atoms with Crippen molar-refractivity contribution < 1.29 is 9.59 Å². The maximum Gasteiger partial charge on any atom is 0.174 e. The number of benzene rings is 2. The van der Waals surface area contributed by atoms with Crippen LogP contribution in [0.1, 0.15) is 26.3 Å². The molecule has 0 fully saturated rings. The maximum absolute atomic E-state index is 12.2. The van der Waals surface area contributed by atoms with Crippen molar-refractivity contribution in [2.45, 2.75) is 6.42 Å². The molecule has 0 saturated heterocycles. The topological polar surface area (TPSA) is 34.1 Å². The molecule has 1 aliphatic rings. The summed E-state index contributed by atoms with van der Waals surface area (Å²) in [6.07, 6.45) is 0.434. The third-order valence-corrected chi connectivity index (χ3v) is 3.70. The van der Waals surface area contributed by atoms with Crippen LogP contribution in [0.5, 0.6) is 0 Å². The number of carbonyl (C=O) groups excluding carboxylic acids is 2. The minimum atomic E-state index is -0.585. The molecule has 19 heavy (non-hydrogen) atoms. The highest BCUT2D eigenvalue weighted by atomic mass is 35.5. The number of fused-ring (bicyclic) bond motifs is 1. The molecule has 2 aromatic rings. The molecule has 2 aromatic carbocycles. The van der Waals surface area contributed by atoms with E-state index in [2.05, 4.69) is 0 Å². The van der Waals surface area contributed by atoms with E-state index >= 15 is 0 Å². The Bertz CT molecular complexity index is 624. The van der Waals surface area contributed by atoms with Gasteiger partial charge in [-0.25, -0.2) is 0 Å². The highest BCUT2D eigenvalue weighted by Crippen LogP contribution is 2.29. The fourth-order valence-electron chi connectivity index (χ4n) is 2.45. The summed E-state index contributed by atoms with van der Waals surface area (Å²) in [4.78, 5) is 24.5. The SMILES string of the molecule is O=C1c2ccccc2C(=O)C1Cc1ccc(Cl)cc1. The van der Waals surface area contributed by atoms with Gasteiger partial charge < -0.3 is 0 Å². The van der Waals surface area contributed by atoms with Crippen LogP contribution in [0.3, 0.4) is 0 Å². The molecule has 3 rings (SSSR count). The van der Waals surface area contributed by atoms with E-state index in [9.17, 15) is 9.59 Å². The molecule has 0 amide bonds. The first-order valence-electron chi connectivity index (χ1n) is 6.09. The van der Waals surface area contributed by atoms with Gasteiger partial charge in [-0.15, -0.1) is 0 Å². The first-order valence-corrected chi connectivity index (χ1v) is 6.46. The minimum Gasteiger partial charge on any atom is -0.293 e. The summed E-state index contributed by atoms with van der Waals surface area (Å²) in [7, 11) is 0. The molecular weight excluding hydrogens is 260 g/mol. The molecule has 0 N–H and O–H groups in total. The van der Waals surface area contributed by atoms with Gasteiger partial charge in [-0.3, -0.25) is 9.59 Å². The molecule has 0 atom stereocenters. The van der Waals surface area contributed by atoms with E-state index in [-0.39, 0.29) is 11.6 Å². The second-order valence-corrected chi connectivity index (χ2v) is 5.09. The molecule has 0 aromatic heterocycles. The average Bonchev–Trinajstić information content (AvgIpc) is 2.67. The van der Waals surface area contributed by atoms with Gasteiger partial charge in [0.25, 0.3) is 0 Å². The predicted octanol–water partition coefficient (Wildman–Crippen LogP) is 3.58.